The summed E-state index contributed by atoms with van der Waals surface area (Å²) in [6.07, 6.45) is 3.61. The summed E-state index contributed by atoms with van der Waals surface area (Å²) in [4.78, 5) is 30.2. The van der Waals surface area contributed by atoms with Gasteiger partial charge in [0, 0.05) is 17.7 Å². The molecule has 0 unspecified atom stereocenters. The Morgan fingerprint density at radius 1 is 0.977 bits per heavy atom. The van der Waals surface area contributed by atoms with Crippen molar-refractivity contribution in [2.45, 2.75) is 25.5 Å². The number of non-ortho nitro benzene ring substituents is 1. The van der Waals surface area contributed by atoms with Crippen LogP contribution in [0.25, 0.3) is 11.8 Å². The fraction of sp³-hybridized carbons (Fsp3) is 0.143. The maximum absolute atomic E-state index is 14.0. The average Bonchev–Trinajstić information content (AvgIpc) is 3.37. The van der Waals surface area contributed by atoms with Crippen LogP contribution in [0.5, 0.6) is 11.5 Å². The second-order valence-electron chi connectivity index (χ2n) is 10.7. The van der Waals surface area contributed by atoms with Gasteiger partial charge in [0.05, 0.1) is 28.3 Å². The third-order valence-electron chi connectivity index (χ3n) is 8.01. The molecule has 7 rings (SSSR count). The molecule has 1 aromatic heterocycles. The molecule has 0 amide bonds. The van der Waals surface area contributed by atoms with E-state index in [1.54, 1.807) is 19.2 Å². The van der Waals surface area contributed by atoms with Gasteiger partial charge in [-0.15, -0.1) is 0 Å². The van der Waals surface area contributed by atoms with Crippen LogP contribution in [0.2, 0.25) is 0 Å². The number of benzene rings is 4. The number of methoxy groups -OCH3 is 1. The number of allylic oxidation sites excluding steroid dienone is 1. The van der Waals surface area contributed by atoms with E-state index in [0.717, 1.165) is 52.1 Å². The highest BCUT2D eigenvalue weighted by molar-refractivity contribution is 7.07. The Hall–Kier alpha value is -5.28. The van der Waals surface area contributed by atoms with Crippen molar-refractivity contribution in [2.24, 2.45) is 4.99 Å². The standard InChI is InChI=1S/C35H27N3O5S/c1-42-28-7-4-6-25(20-28)33-30-18-13-24-5-2-3-8-29(24)32(30)36-35-37(33)34(39)31(44-35)19-22-11-16-27(17-12-22)43-21-23-9-14-26(15-10-23)38(40)41/h2-12,14-17,19-20,33H,13,18,21H2,1H3/b31-19+/t33-/m1/s1. The van der Waals surface area contributed by atoms with Gasteiger partial charge in [-0.3, -0.25) is 19.5 Å². The average molecular weight is 602 g/mol. The lowest BCUT2D eigenvalue weighted by atomic mass is 9.83. The van der Waals surface area contributed by atoms with Crippen LogP contribution >= 0.6 is 11.3 Å². The number of thiazole rings is 1. The molecule has 0 radical (unpaired) electrons. The third-order valence-corrected chi connectivity index (χ3v) is 9.00. The fourth-order valence-electron chi connectivity index (χ4n) is 5.83. The van der Waals surface area contributed by atoms with Crippen LogP contribution in [0.1, 0.15) is 40.3 Å². The van der Waals surface area contributed by atoms with Gasteiger partial charge in [0.2, 0.25) is 0 Å². The molecule has 0 spiro atoms. The number of ether oxygens (including phenoxy) is 2. The SMILES string of the molecule is COc1cccc([C@@H]2C3=C(N=c4s/c(=C/c5ccc(OCc6ccc([N+](=O)[O-])cc6)cc5)c(=O)n42)c2ccccc2CC3)c1. The molecule has 1 aliphatic carbocycles. The van der Waals surface area contributed by atoms with Crippen LogP contribution in [0, 0.1) is 10.1 Å². The second-order valence-corrected chi connectivity index (χ2v) is 11.7. The van der Waals surface area contributed by atoms with E-state index in [0.29, 0.717) is 15.1 Å². The zero-order chi connectivity index (χ0) is 30.2. The molecule has 0 saturated carbocycles. The van der Waals surface area contributed by atoms with Crippen LogP contribution in [-0.4, -0.2) is 16.6 Å². The van der Waals surface area contributed by atoms with Crippen molar-refractivity contribution in [1.82, 2.24) is 4.57 Å². The fourth-order valence-corrected chi connectivity index (χ4v) is 6.83. The van der Waals surface area contributed by atoms with E-state index in [-0.39, 0.29) is 23.9 Å². The molecule has 2 heterocycles. The Morgan fingerprint density at radius 3 is 2.55 bits per heavy atom. The summed E-state index contributed by atoms with van der Waals surface area (Å²) in [5, 5.41) is 10.9. The van der Waals surface area contributed by atoms with Crippen molar-refractivity contribution in [2.75, 3.05) is 7.11 Å². The monoisotopic (exact) mass is 601 g/mol. The molecule has 8 nitrogen and oxygen atoms in total. The summed E-state index contributed by atoms with van der Waals surface area (Å²) in [7, 11) is 1.65. The van der Waals surface area contributed by atoms with Crippen LogP contribution in [0.15, 0.2) is 112 Å². The number of hydrogen-bond acceptors (Lipinski definition) is 7. The van der Waals surface area contributed by atoms with Gasteiger partial charge in [-0.05, 0) is 83.1 Å². The molecule has 0 saturated heterocycles. The molecule has 0 bridgehead atoms. The first kappa shape index (κ1) is 27.5. The summed E-state index contributed by atoms with van der Waals surface area (Å²) >= 11 is 1.39. The Bertz CT molecular complexity index is 2110. The molecule has 9 heteroatoms. The van der Waals surface area contributed by atoms with E-state index in [1.807, 2.05) is 59.2 Å². The molecule has 0 N–H and O–H groups in total. The summed E-state index contributed by atoms with van der Waals surface area (Å²) in [6, 6.07) is 29.8. The minimum absolute atomic E-state index is 0.0446. The molecule has 218 valence electrons. The predicted molar refractivity (Wildman–Crippen MR) is 170 cm³/mol. The highest BCUT2D eigenvalue weighted by Crippen LogP contribution is 2.41. The normalized spacial score (nSPS) is 15.6. The summed E-state index contributed by atoms with van der Waals surface area (Å²) in [5.41, 5.74) is 7.16. The Morgan fingerprint density at radius 2 is 1.77 bits per heavy atom. The van der Waals surface area contributed by atoms with Gasteiger partial charge >= 0.3 is 0 Å². The molecule has 1 atom stereocenters. The van der Waals surface area contributed by atoms with Gasteiger partial charge in [-0.1, -0.05) is 59.9 Å². The summed E-state index contributed by atoms with van der Waals surface area (Å²) in [6.45, 7) is 0.286. The zero-order valence-corrected chi connectivity index (χ0v) is 24.6. The van der Waals surface area contributed by atoms with Crippen LogP contribution < -0.4 is 24.4 Å². The molecule has 44 heavy (non-hydrogen) atoms. The second kappa shape index (κ2) is 11.4. The number of rotatable bonds is 7. The number of hydrogen-bond donors (Lipinski definition) is 0. The van der Waals surface area contributed by atoms with Crippen LogP contribution in [0.4, 0.5) is 5.69 Å². The molecular formula is C35H27N3O5S. The lowest BCUT2D eigenvalue weighted by Gasteiger charge is -2.31. The Labute approximate surface area is 256 Å². The predicted octanol–water partition coefficient (Wildman–Crippen LogP) is 5.81. The first-order valence-electron chi connectivity index (χ1n) is 14.2. The van der Waals surface area contributed by atoms with E-state index in [1.165, 1.54) is 29.0 Å². The first-order chi connectivity index (χ1) is 21.5. The topological polar surface area (TPSA) is 96.0 Å². The summed E-state index contributed by atoms with van der Waals surface area (Å²) in [5.74, 6) is 1.40. The van der Waals surface area contributed by atoms with Gasteiger partial charge in [0.15, 0.2) is 4.80 Å². The van der Waals surface area contributed by atoms with E-state index in [2.05, 4.69) is 24.3 Å². The van der Waals surface area contributed by atoms with E-state index in [4.69, 9.17) is 14.5 Å². The number of fused-ring (bicyclic) bond motifs is 3. The number of nitro benzene ring substituents is 1. The Balaban J connectivity index is 1.23. The molecular weight excluding hydrogens is 574 g/mol. The van der Waals surface area contributed by atoms with Crippen LogP contribution in [-0.2, 0) is 13.0 Å². The van der Waals surface area contributed by atoms with Crippen molar-refractivity contribution >= 4 is 28.8 Å². The lowest BCUT2D eigenvalue weighted by Crippen LogP contribution is -2.38. The smallest absolute Gasteiger partial charge is 0.271 e. The molecule has 2 aliphatic rings. The van der Waals surface area contributed by atoms with E-state index < -0.39 is 4.92 Å². The Kier molecular flexibility index (Phi) is 7.15. The minimum Gasteiger partial charge on any atom is -0.497 e. The quantitative estimate of drug-likeness (QED) is 0.173. The highest BCUT2D eigenvalue weighted by atomic mass is 32.1. The highest BCUT2D eigenvalue weighted by Gasteiger charge is 2.32. The maximum Gasteiger partial charge on any atom is 0.271 e. The van der Waals surface area contributed by atoms with E-state index in [9.17, 15) is 14.9 Å². The number of nitro groups is 1. The lowest BCUT2D eigenvalue weighted by molar-refractivity contribution is -0.384. The van der Waals surface area contributed by atoms with Gasteiger partial charge in [-0.25, -0.2) is 4.99 Å². The third kappa shape index (κ3) is 5.11. The molecule has 1 aliphatic heterocycles. The summed E-state index contributed by atoms with van der Waals surface area (Å²) < 4.78 is 13.8. The number of nitrogens with zero attached hydrogens (tertiary/aromatic N) is 3. The number of aryl methyl sites for hydroxylation is 1. The zero-order valence-electron chi connectivity index (χ0n) is 23.8. The van der Waals surface area contributed by atoms with Crippen molar-refractivity contribution in [3.8, 4) is 11.5 Å². The van der Waals surface area contributed by atoms with Gasteiger partial charge in [0.25, 0.3) is 11.2 Å². The molecule has 4 aromatic carbocycles. The van der Waals surface area contributed by atoms with Crippen molar-refractivity contribution < 1.29 is 14.4 Å². The van der Waals surface area contributed by atoms with Crippen molar-refractivity contribution in [3.05, 3.63) is 160 Å². The molecule has 5 aromatic rings. The minimum atomic E-state index is -0.424. The molecule has 0 fully saturated rings. The van der Waals surface area contributed by atoms with Gasteiger partial charge in [-0.2, -0.15) is 0 Å². The van der Waals surface area contributed by atoms with Crippen molar-refractivity contribution in [3.63, 3.8) is 0 Å². The van der Waals surface area contributed by atoms with Gasteiger partial charge in [0.1, 0.15) is 18.1 Å². The largest absolute Gasteiger partial charge is 0.497 e. The maximum atomic E-state index is 14.0. The number of aromatic nitrogens is 1. The van der Waals surface area contributed by atoms with E-state index >= 15 is 0 Å². The van der Waals surface area contributed by atoms with Crippen LogP contribution in [0.3, 0.4) is 0 Å². The van der Waals surface area contributed by atoms with Crippen molar-refractivity contribution in [1.29, 1.82) is 0 Å². The first-order valence-corrected chi connectivity index (χ1v) is 15.0. The van der Waals surface area contributed by atoms with Gasteiger partial charge < -0.3 is 9.47 Å².